The van der Waals surface area contributed by atoms with Gasteiger partial charge in [0.05, 0.1) is 0 Å². The first-order valence-corrected chi connectivity index (χ1v) is 3.93. The van der Waals surface area contributed by atoms with E-state index in [1.165, 1.54) is 0 Å². The fourth-order valence-corrected chi connectivity index (χ4v) is 0.321. The summed E-state index contributed by atoms with van der Waals surface area (Å²) in [6.45, 7) is 15.6. The first-order valence-electron chi connectivity index (χ1n) is 3.93. The van der Waals surface area contributed by atoms with Crippen molar-refractivity contribution in [2.75, 3.05) is 0 Å². The van der Waals surface area contributed by atoms with Crippen molar-refractivity contribution < 1.29 is 9.90 Å². The zero-order valence-electron chi connectivity index (χ0n) is 8.63. The number of hydrogen-bond donors (Lipinski definition) is 1. The summed E-state index contributed by atoms with van der Waals surface area (Å²) in [4.78, 5) is 10.2. The van der Waals surface area contributed by atoms with Gasteiger partial charge in [0.1, 0.15) is 0 Å². The molecule has 2 nitrogen and oxygen atoms in total. The van der Waals surface area contributed by atoms with E-state index in [4.69, 9.17) is 5.11 Å². The first kappa shape index (κ1) is 14.2. The highest BCUT2D eigenvalue weighted by Crippen LogP contribution is 2.22. The van der Waals surface area contributed by atoms with Crippen LogP contribution in [0.4, 0.5) is 0 Å². The maximum absolute atomic E-state index is 10.2. The standard InChI is InChI=1S/C7H12O2.C4H6/c1-5(6(8)9)7(2,3)4;1-3-4-2/h1H2,2-4H3,(H,8,9);3-4H,1-2H2. The van der Waals surface area contributed by atoms with Crippen molar-refractivity contribution in [3.05, 3.63) is 37.5 Å². The van der Waals surface area contributed by atoms with Crippen LogP contribution in [0.1, 0.15) is 20.8 Å². The Morgan fingerprint density at radius 1 is 1.23 bits per heavy atom. The number of carboxylic acids is 1. The summed E-state index contributed by atoms with van der Waals surface area (Å²) in [6.07, 6.45) is 3.28. The second-order valence-electron chi connectivity index (χ2n) is 3.51. The molecular weight excluding hydrogens is 164 g/mol. The van der Waals surface area contributed by atoms with E-state index in [2.05, 4.69) is 19.7 Å². The SMILES string of the molecule is C=C(C(=O)O)C(C)(C)C.C=CC=C. The number of hydrogen-bond acceptors (Lipinski definition) is 1. The van der Waals surface area contributed by atoms with E-state index in [0.29, 0.717) is 0 Å². The third kappa shape index (κ3) is 8.60. The van der Waals surface area contributed by atoms with Crippen LogP contribution in [0.2, 0.25) is 0 Å². The second kappa shape index (κ2) is 6.23. The van der Waals surface area contributed by atoms with E-state index in [-0.39, 0.29) is 11.0 Å². The van der Waals surface area contributed by atoms with Gasteiger partial charge in [-0.3, -0.25) is 0 Å². The predicted octanol–water partition coefficient (Wildman–Crippen LogP) is 3.03. The van der Waals surface area contributed by atoms with Crippen molar-refractivity contribution in [3.8, 4) is 0 Å². The van der Waals surface area contributed by atoms with Gasteiger partial charge in [0.15, 0.2) is 0 Å². The average Bonchev–Trinajstić information content (AvgIpc) is 2.02. The van der Waals surface area contributed by atoms with Gasteiger partial charge in [-0.05, 0) is 5.41 Å². The third-order valence-corrected chi connectivity index (χ3v) is 1.33. The number of allylic oxidation sites excluding steroid dienone is 2. The Morgan fingerprint density at radius 3 is 1.54 bits per heavy atom. The quantitative estimate of drug-likeness (QED) is 0.526. The summed E-state index contributed by atoms with van der Waals surface area (Å²) in [5, 5.41) is 8.42. The topological polar surface area (TPSA) is 37.3 Å². The van der Waals surface area contributed by atoms with Crippen molar-refractivity contribution >= 4 is 5.97 Å². The molecule has 74 valence electrons. The lowest BCUT2D eigenvalue weighted by Crippen LogP contribution is -2.15. The summed E-state index contributed by atoms with van der Waals surface area (Å²) in [5.41, 5.74) is -0.0613. The largest absolute Gasteiger partial charge is 0.478 e. The van der Waals surface area contributed by atoms with E-state index in [1.54, 1.807) is 12.2 Å². The molecule has 1 N–H and O–H groups in total. The maximum atomic E-state index is 10.2. The summed E-state index contributed by atoms with van der Waals surface area (Å²) in [6, 6.07) is 0. The fraction of sp³-hybridized carbons (Fsp3) is 0.364. The maximum Gasteiger partial charge on any atom is 0.331 e. The minimum absolute atomic E-state index is 0.252. The molecule has 0 aliphatic carbocycles. The number of rotatable bonds is 2. The van der Waals surface area contributed by atoms with Gasteiger partial charge in [0, 0.05) is 5.57 Å². The van der Waals surface area contributed by atoms with Gasteiger partial charge in [-0.2, -0.15) is 0 Å². The smallest absolute Gasteiger partial charge is 0.331 e. The summed E-state index contributed by atoms with van der Waals surface area (Å²) < 4.78 is 0. The number of carbonyl (C=O) groups is 1. The Bertz CT molecular complexity index is 201. The fourth-order valence-electron chi connectivity index (χ4n) is 0.321. The minimum Gasteiger partial charge on any atom is -0.478 e. The average molecular weight is 182 g/mol. The van der Waals surface area contributed by atoms with Gasteiger partial charge in [-0.25, -0.2) is 4.79 Å². The van der Waals surface area contributed by atoms with Crippen molar-refractivity contribution in [1.29, 1.82) is 0 Å². The molecule has 0 aromatic heterocycles. The van der Waals surface area contributed by atoms with E-state index in [0.717, 1.165) is 0 Å². The lowest BCUT2D eigenvalue weighted by molar-refractivity contribution is -0.133. The lowest BCUT2D eigenvalue weighted by atomic mass is 9.88. The van der Waals surface area contributed by atoms with Gasteiger partial charge >= 0.3 is 5.97 Å². The van der Waals surface area contributed by atoms with E-state index >= 15 is 0 Å². The lowest BCUT2D eigenvalue weighted by Gasteiger charge is -2.17. The van der Waals surface area contributed by atoms with Gasteiger partial charge < -0.3 is 5.11 Å². The normalized spacial score (nSPS) is 9.15. The number of carboxylic acid groups (broad SMARTS) is 1. The molecule has 0 amide bonds. The Morgan fingerprint density at radius 2 is 1.54 bits per heavy atom. The van der Waals surface area contributed by atoms with E-state index < -0.39 is 5.97 Å². The molecule has 0 rings (SSSR count). The Kier molecular flexibility index (Phi) is 6.82. The first-order chi connectivity index (χ1) is 5.77. The molecule has 0 aliphatic heterocycles. The van der Waals surface area contributed by atoms with Crippen LogP contribution in [0.25, 0.3) is 0 Å². The molecule has 2 heteroatoms. The van der Waals surface area contributed by atoms with Gasteiger partial charge in [0.25, 0.3) is 0 Å². The van der Waals surface area contributed by atoms with Crippen LogP contribution in [0.5, 0.6) is 0 Å². The van der Waals surface area contributed by atoms with Crippen LogP contribution in [0.3, 0.4) is 0 Å². The van der Waals surface area contributed by atoms with Crippen LogP contribution in [0, 0.1) is 5.41 Å². The summed E-state index contributed by atoms with van der Waals surface area (Å²) in [5.74, 6) is -0.914. The molecule has 0 aromatic carbocycles. The Labute approximate surface area is 80.3 Å². The molecular formula is C11H18O2. The zero-order chi connectivity index (χ0) is 11.1. The van der Waals surface area contributed by atoms with Crippen molar-refractivity contribution in [2.45, 2.75) is 20.8 Å². The minimum atomic E-state index is -0.914. The van der Waals surface area contributed by atoms with Crippen LogP contribution in [0.15, 0.2) is 37.5 Å². The number of aliphatic carboxylic acids is 1. The summed E-state index contributed by atoms with van der Waals surface area (Å²) in [7, 11) is 0. The van der Waals surface area contributed by atoms with Crippen LogP contribution in [-0.2, 0) is 4.79 Å². The molecule has 0 aliphatic rings. The predicted molar refractivity (Wildman–Crippen MR) is 56.6 cm³/mol. The third-order valence-electron chi connectivity index (χ3n) is 1.33. The van der Waals surface area contributed by atoms with Gasteiger partial charge in [-0.1, -0.05) is 52.7 Å². The van der Waals surface area contributed by atoms with Gasteiger partial charge in [0.2, 0.25) is 0 Å². The molecule has 0 radical (unpaired) electrons. The monoisotopic (exact) mass is 182 g/mol. The molecule has 0 heterocycles. The molecule has 0 aromatic rings. The Hall–Kier alpha value is -1.31. The highest BCUT2D eigenvalue weighted by molar-refractivity contribution is 5.87. The van der Waals surface area contributed by atoms with Crippen LogP contribution < -0.4 is 0 Å². The van der Waals surface area contributed by atoms with Gasteiger partial charge in [-0.15, -0.1) is 0 Å². The molecule has 0 bridgehead atoms. The van der Waals surface area contributed by atoms with E-state index in [1.807, 2.05) is 20.8 Å². The molecule has 13 heavy (non-hydrogen) atoms. The highest BCUT2D eigenvalue weighted by atomic mass is 16.4. The van der Waals surface area contributed by atoms with Crippen LogP contribution >= 0.6 is 0 Å². The van der Waals surface area contributed by atoms with Crippen molar-refractivity contribution in [1.82, 2.24) is 0 Å². The molecule has 0 fully saturated rings. The molecule has 0 spiro atoms. The molecule has 0 saturated carbocycles. The Balaban J connectivity index is 0. The molecule has 0 saturated heterocycles. The van der Waals surface area contributed by atoms with Crippen LogP contribution in [-0.4, -0.2) is 11.1 Å². The summed E-state index contributed by atoms with van der Waals surface area (Å²) >= 11 is 0. The van der Waals surface area contributed by atoms with Crippen molar-refractivity contribution in [2.24, 2.45) is 5.41 Å². The zero-order valence-corrected chi connectivity index (χ0v) is 8.63. The molecule has 0 unspecified atom stereocenters. The highest BCUT2D eigenvalue weighted by Gasteiger charge is 2.20. The van der Waals surface area contributed by atoms with E-state index in [9.17, 15) is 4.79 Å². The second-order valence-corrected chi connectivity index (χ2v) is 3.51. The van der Waals surface area contributed by atoms with Crippen molar-refractivity contribution in [3.63, 3.8) is 0 Å². The molecule has 0 atom stereocenters.